The second-order valence-corrected chi connectivity index (χ2v) is 10.4. The Morgan fingerprint density at radius 3 is 2.30 bits per heavy atom. The zero-order valence-corrected chi connectivity index (χ0v) is 19.8. The maximum absolute atomic E-state index is 13.3. The average Bonchev–Trinajstić information content (AvgIpc) is 3.57. The Balaban J connectivity index is 1.06. The third kappa shape index (κ3) is 4.89. The number of benzene rings is 2. The lowest BCUT2D eigenvalue weighted by atomic mass is 9.89. The number of phenols is 1. The van der Waals surface area contributed by atoms with E-state index in [2.05, 4.69) is 52.0 Å². The summed E-state index contributed by atoms with van der Waals surface area (Å²) in [4.78, 5) is 20.4. The number of para-hydroxylation sites is 1. The fourth-order valence-corrected chi connectivity index (χ4v) is 5.92. The molecule has 176 valence electrons. The number of hydrogen-bond donors (Lipinski definition) is 1. The molecule has 0 unspecified atom stereocenters. The Hall–Kier alpha value is -2.53. The molecule has 5 heteroatoms. The normalized spacial score (nSPS) is 23.5. The fourth-order valence-electron chi connectivity index (χ4n) is 5.92. The molecule has 1 amide bonds. The van der Waals surface area contributed by atoms with E-state index in [1.807, 2.05) is 12.1 Å². The van der Waals surface area contributed by atoms with Crippen molar-refractivity contribution in [1.29, 1.82) is 0 Å². The van der Waals surface area contributed by atoms with Crippen LogP contribution in [0.3, 0.4) is 0 Å². The first-order valence-corrected chi connectivity index (χ1v) is 12.6. The lowest BCUT2D eigenvalue weighted by Gasteiger charge is -2.38. The lowest BCUT2D eigenvalue weighted by Crippen LogP contribution is -2.50. The van der Waals surface area contributed by atoms with Gasteiger partial charge < -0.3 is 19.8 Å². The molecule has 3 fully saturated rings. The number of piperidine rings is 1. The van der Waals surface area contributed by atoms with Crippen LogP contribution in [0.25, 0.3) is 0 Å². The topological polar surface area (TPSA) is 47.0 Å². The summed E-state index contributed by atoms with van der Waals surface area (Å²) < 4.78 is 0. The van der Waals surface area contributed by atoms with Gasteiger partial charge >= 0.3 is 0 Å². The van der Waals surface area contributed by atoms with Gasteiger partial charge in [0.15, 0.2) is 0 Å². The molecule has 3 aliphatic rings. The molecular formula is C28H37N3O2. The van der Waals surface area contributed by atoms with Gasteiger partial charge in [0.05, 0.1) is 0 Å². The van der Waals surface area contributed by atoms with Crippen LogP contribution in [0.1, 0.15) is 38.2 Å². The van der Waals surface area contributed by atoms with Gasteiger partial charge in [-0.05, 0) is 87.4 Å². The molecule has 0 aromatic heterocycles. The molecule has 1 aliphatic carbocycles. The Bertz CT molecular complexity index is 929. The summed E-state index contributed by atoms with van der Waals surface area (Å²) in [6, 6.07) is 18.7. The molecule has 33 heavy (non-hydrogen) atoms. The van der Waals surface area contributed by atoms with Crippen molar-refractivity contribution in [3.63, 3.8) is 0 Å². The second kappa shape index (κ2) is 9.38. The third-order valence-electron chi connectivity index (χ3n) is 8.40. The molecule has 1 N–H and O–H groups in total. The summed E-state index contributed by atoms with van der Waals surface area (Å²) in [5.74, 6) is 1.01. The van der Waals surface area contributed by atoms with Gasteiger partial charge in [0, 0.05) is 43.8 Å². The van der Waals surface area contributed by atoms with Crippen molar-refractivity contribution in [1.82, 2.24) is 9.80 Å². The zero-order valence-electron chi connectivity index (χ0n) is 19.8. The quantitative estimate of drug-likeness (QED) is 0.722. The molecule has 2 atom stereocenters. The minimum Gasteiger partial charge on any atom is -0.508 e. The van der Waals surface area contributed by atoms with Gasteiger partial charge in [-0.2, -0.15) is 0 Å². The van der Waals surface area contributed by atoms with Crippen molar-refractivity contribution in [3.05, 3.63) is 60.2 Å². The highest BCUT2D eigenvalue weighted by atomic mass is 16.3. The Morgan fingerprint density at radius 1 is 0.970 bits per heavy atom. The van der Waals surface area contributed by atoms with Crippen molar-refractivity contribution in [2.75, 3.05) is 44.2 Å². The van der Waals surface area contributed by atoms with E-state index < -0.39 is 0 Å². The van der Waals surface area contributed by atoms with E-state index in [0.29, 0.717) is 17.7 Å². The number of aromatic hydroxyl groups is 1. The van der Waals surface area contributed by atoms with E-state index in [1.165, 1.54) is 11.3 Å². The van der Waals surface area contributed by atoms with Crippen molar-refractivity contribution < 1.29 is 9.90 Å². The molecule has 5 nitrogen and oxygen atoms in total. The van der Waals surface area contributed by atoms with Crippen LogP contribution in [0.15, 0.2) is 54.6 Å². The van der Waals surface area contributed by atoms with Gasteiger partial charge in [0.1, 0.15) is 5.75 Å². The van der Waals surface area contributed by atoms with E-state index >= 15 is 0 Å². The van der Waals surface area contributed by atoms with Crippen LogP contribution < -0.4 is 4.90 Å². The Kier molecular flexibility index (Phi) is 6.33. The molecule has 2 heterocycles. The van der Waals surface area contributed by atoms with E-state index in [1.54, 1.807) is 12.1 Å². The summed E-state index contributed by atoms with van der Waals surface area (Å²) in [5, 5.41) is 9.46. The predicted molar refractivity (Wildman–Crippen MR) is 132 cm³/mol. The number of anilines is 1. The molecule has 0 radical (unpaired) electrons. The Labute approximate surface area is 198 Å². The first kappa shape index (κ1) is 22.3. The molecule has 0 bridgehead atoms. The highest BCUT2D eigenvalue weighted by Crippen LogP contribution is 2.60. The number of hydrogen-bond acceptors (Lipinski definition) is 4. The largest absolute Gasteiger partial charge is 0.508 e. The Morgan fingerprint density at radius 2 is 1.64 bits per heavy atom. The minimum atomic E-state index is 0.259. The molecular weight excluding hydrogens is 410 g/mol. The molecule has 2 aliphatic heterocycles. The number of carbonyl (C=O) groups is 1. The molecule has 1 saturated carbocycles. The van der Waals surface area contributed by atoms with Crippen LogP contribution in [0, 0.1) is 11.3 Å². The van der Waals surface area contributed by atoms with Crippen LogP contribution in [0.5, 0.6) is 5.75 Å². The van der Waals surface area contributed by atoms with Crippen molar-refractivity contribution in [2.45, 2.75) is 45.1 Å². The molecule has 2 aromatic carbocycles. The van der Waals surface area contributed by atoms with Gasteiger partial charge in [0.2, 0.25) is 5.91 Å². The van der Waals surface area contributed by atoms with Gasteiger partial charge in [-0.25, -0.2) is 0 Å². The third-order valence-corrected chi connectivity index (χ3v) is 8.40. The van der Waals surface area contributed by atoms with Crippen LogP contribution in [0.4, 0.5) is 5.69 Å². The summed E-state index contributed by atoms with van der Waals surface area (Å²) in [6.45, 7) is 8.12. The van der Waals surface area contributed by atoms with Crippen LogP contribution >= 0.6 is 0 Å². The van der Waals surface area contributed by atoms with E-state index in [9.17, 15) is 9.90 Å². The SMILES string of the molecule is C[C@H](CCc1ccc(O)cc1)N1CCC2(CC1)C[C@@H]2C(=O)N1CCN(c2ccccc2)CC1. The standard InChI is InChI=1S/C28H37N3O2/c1-22(7-8-23-9-11-25(32)12-10-23)29-15-13-28(14-16-29)21-26(28)27(33)31-19-17-30(18-20-31)24-5-3-2-4-6-24/h2-6,9-12,22,26,32H,7-8,13-21H2,1H3/t22-,26-/m1/s1. The number of carbonyl (C=O) groups excluding carboxylic acids is 1. The maximum Gasteiger partial charge on any atom is 0.226 e. The van der Waals surface area contributed by atoms with Crippen molar-refractivity contribution >= 4 is 11.6 Å². The predicted octanol–water partition coefficient (Wildman–Crippen LogP) is 4.16. The van der Waals surface area contributed by atoms with Gasteiger partial charge in [-0.1, -0.05) is 30.3 Å². The smallest absolute Gasteiger partial charge is 0.226 e. The molecule has 1 spiro atoms. The summed E-state index contributed by atoms with van der Waals surface area (Å²) in [5.41, 5.74) is 2.83. The summed E-state index contributed by atoms with van der Waals surface area (Å²) in [6.07, 6.45) is 5.60. The van der Waals surface area contributed by atoms with E-state index in [4.69, 9.17) is 0 Å². The van der Waals surface area contributed by atoms with Gasteiger partial charge in [-0.15, -0.1) is 0 Å². The zero-order chi connectivity index (χ0) is 22.8. The van der Waals surface area contributed by atoms with Crippen molar-refractivity contribution in [2.24, 2.45) is 11.3 Å². The average molecular weight is 448 g/mol. The molecule has 2 saturated heterocycles. The van der Waals surface area contributed by atoms with E-state index in [0.717, 1.165) is 71.4 Å². The highest BCUT2D eigenvalue weighted by Gasteiger charge is 2.59. The highest BCUT2D eigenvalue weighted by molar-refractivity contribution is 5.83. The number of phenolic OH excluding ortho intramolecular Hbond substituents is 1. The van der Waals surface area contributed by atoms with Gasteiger partial charge in [-0.3, -0.25) is 4.79 Å². The summed E-state index contributed by atoms with van der Waals surface area (Å²) in [7, 11) is 0. The number of amides is 1. The molecule has 5 rings (SSSR count). The lowest BCUT2D eigenvalue weighted by molar-refractivity contribution is -0.134. The first-order chi connectivity index (χ1) is 16.0. The summed E-state index contributed by atoms with van der Waals surface area (Å²) >= 11 is 0. The number of nitrogens with zero attached hydrogens (tertiary/aromatic N) is 3. The monoisotopic (exact) mass is 447 g/mol. The van der Waals surface area contributed by atoms with E-state index in [-0.39, 0.29) is 11.3 Å². The van der Waals surface area contributed by atoms with Crippen LogP contribution in [0.2, 0.25) is 0 Å². The number of likely N-dealkylation sites (tertiary alicyclic amines) is 1. The first-order valence-electron chi connectivity index (χ1n) is 12.6. The van der Waals surface area contributed by atoms with Crippen LogP contribution in [-0.2, 0) is 11.2 Å². The second-order valence-electron chi connectivity index (χ2n) is 10.4. The van der Waals surface area contributed by atoms with Gasteiger partial charge in [0.25, 0.3) is 0 Å². The number of piperazine rings is 1. The number of rotatable bonds is 6. The minimum absolute atomic E-state index is 0.259. The van der Waals surface area contributed by atoms with Crippen molar-refractivity contribution in [3.8, 4) is 5.75 Å². The molecule has 2 aromatic rings. The fraction of sp³-hybridized carbons (Fsp3) is 0.536. The van der Waals surface area contributed by atoms with Crippen LogP contribution in [-0.4, -0.2) is 66.1 Å². The maximum atomic E-state index is 13.3. The number of aryl methyl sites for hydroxylation is 1.